The van der Waals surface area contributed by atoms with Crippen LogP contribution in [0.2, 0.25) is 0 Å². The fourth-order valence-corrected chi connectivity index (χ4v) is 5.07. The number of carbonyl (C=O) groups excluding carboxylic acids is 2. The van der Waals surface area contributed by atoms with Gasteiger partial charge in [-0.05, 0) is 44.0 Å². The molecule has 0 spiro atoms. The van der Waals surface area contributed by atoms with Gasteiger partial charge in [-0.25, -0.2) is 0 Å². The largest absolute Gasteiger partial charge is 0.369 e. The molecule has 2 aromatic carbocycles. The number of piperazine rings is 1. The van der Waals surface area contributed by atoms with E-state index in [4.69, 9.17) is 0 Å². The summed E-state index contributed by atoms with van der Waals surface area (Å²) >= 11 is 0. The topological polar surface area (TPSA) is 43.9 Å². The zero-order valence-electron chi connectivity index (χ0n) is 17.8. The second-order valence-electron chi connectivity index (χ2n) is 9.05. The van der Waals surface area contributed by atoms with E-state index in [1.54, 1.807) is 4.90 Å². The van der Waals surface area contributed by atoms with Gasteiger partial charge in [0.25, 0.3) is 11.7 Å². The van der Waals surface area contributed by atoms with E-state index >= 15 is 0 Å². The second kappa shape index (κ2) is 6.81. The average Bonchev–Trinajstić information content (AvgIpc) is 3.01. The normalized spacial score (nSPS) is 20.4. The number of rotatable bonds is 3. The van der Waals surface area contributed by atoms with Crippen molar-refractivity contribution in [3.8, 4) is 0 Å². The number of para-hydroxylation sites is 1. The minimum atomic E-state index is -0.514. The molecule has 5 heteroatoms. The van der Waals surface area contributed by atoms with Crippen LogP contribution in [0.4, 0.5) is 11.4 Å². The molecular weight excluding hydrogens is 374 g/mol. The number of ketones is 1. The summed E-state index contributed by atoms with van der Waals surface area (Å²) in [6, 6.07) is 14.6. The summed E-state index contributed by atoms with van der Waals surface area (Å²) in [4.78, 5) is 32.0. The smallest absolute Gasteiger partial charge is 0.300 e. The first-order chi connectivity index (χ1) is 14.4. The van der Waals surface area contributed by atoms with E-state index in [1.807, 2.05) is 26.8 Å². The molecule has 0 unspecified atom stereocenters. The van der Waals surface area contributed by atoms with E-state index < -0.39 is 11.4 Å². The Morgan fingerprint density at radius 1 is 0.933 bits per heavy atom. The van der Waals surface area contributed by atoms with Crippen LogP contribution < -0.4 is 9.80 Å². The molecule has 0 atom stereocenters. The Bertz CT molecular complexity index is 1060. The molecule has 1 fully saturated rings. The quantitative estimate of drug-likeness (QED) is 0.738. The van der Waals surface area contributed by atoms with Gasteiger partial charge in [-0.2, -0.15) is 0 Å². The summed E-state index contributed by atoms with van der Waals surface area (Å²) in [7, 11) is 0. The van der Waals surface area contributed by atoms with Crippen LogP contribution in [0.3, 0.4) is 0 Å². The lowest BCUT2D eigenvalue weighted by Gasteiger charge is -2.41. The lowest BCUT2D eigenvalue weighted by atomic mass is 9.87. The highest BCUT2D eigenvalue weighted by molar-refractivity contribution is 6.53. The molecule has 3 aliphatic rings. The minimum absolute atomic E-state index is 0.372. The highest BCUT2D eigenvalue weighted by atomic mass is 16.2. The van der Waals surface area contributed by atoms with Crippen molar-refractivity contribution in [1.29, 1.82) is 0 Å². The highest BCUT2D eigenvalue weighted by Crippen LogP contribution is 2.46. The van der Waals surface area contributed by atoms with E-state index in [0.29, 0.717) is 5.56 Å². The molecule has 154 valence electrons. The molecule has 5 rings (SSSR count). The van der Waals surface area contributed by atoms with Gasteiger partial charge in [0.15, 0.2) is 0 Å². The number of nitrogens with zero attached hydrogens (tertiary/aromatic N) is 3. The monoisotopic (exact) mass is 401 g/mol. The van der Waals surface area contributed by atoms with Crippen molar-refractivity contribution in [3.05, 3.63) is 65.2 Å². The first-order valence-corrected chi connectivity index (χ1v) is 10.6. The number of amides is 1. The van der Waals surface area contributed by atoms with Crippen molar-refractivity contribution in [2.24, 2.45) is 0 Å². The third-order valence-electron chi connectivity index (χ3n) is 6.57. The Labute approximate surface area is 177 Å². The van der Waals surface area contributed by atoms with Crippen LogP contribution in [0.5, 0.6) is 0 Å². The summed E-state index contributed by atoms with van der Waals surface area (Å²) in [5.74, 6) is -0.777. The van der Waals surface area contributed by atoms with Gasteiger partial charge in [0.1, 0.15) is 0 Å². The van der Waals surface area contributed by atoms with Crippen molar-refractivity contribution >= 4 is 28.6 Å². The third kappa shape index (κ3) is 2.88. The summed E-state index contributed by atoms with van der Waals surface area (Å²) < 4.78 is 0. The minimum Gasteiger partial charge on any atom is -0.369 e. The maximum atomic E-state index is 12.7. The Hall–Kier alpha value is -2.92. The first-order valence-electron chi connectivity index (χ1n) is 10.6. The van der Waals surface area contributed by atoms with Crippen LogP contribution in [-0.4, -0.2) is 54.9 Å². The van der Waals surface area contributed by atoms with Crippen LogP contribution in [0, 0.1) is 6.92 Å². The van der Waals surface area contributed by atoms with Gasteiger partial charge in [-0.15, -0.1) is 0 Å². The number of hydrogen-bond donors (Lipinski definition) is 0. The van der Waals surface area contributed by atoms with Crippen molar-refractivity contribution in [1.82, 2.24) is 4.90 Å². The number of carbonyl (C=O) groups is 2. The zero-order valence-corrected chi connectivity index (χ0v) is 17.8. The lowest BCUT2D eigenvalue weighted by molar-refractivity contribution is -0.115. The Morgan fingerprint density at radius 3 is 2.33 bits per heavy atom. The summed E-state index contributed by atoms with van der Waals surface area (Å²) in [5, 5.41) is 0. The van der Waals surface area contributed by atoms with Gasteiger partial charge in [0, 0.05) is 44.0 Å². The van der Waals surface area contributed by atoms with Crippen molar-refractivity contribution in [2.75, 3.05) is 42.5 Å². The van der Waals surface area contributed by atoms with E-state index in [9.17, 15) is 9.59 Å². The van der Waals surface area contributed by atoms with Gasteiger partial charge < -0.3 is 4.90 Å². The van der Waals surface area contributed by atoms with E-state index in [2.05, 4.69) is 52.3 Å². The Kier molecular flexibility index (Phi) is 4.33. The fourth-order valence-electron chi connectivity index (χ4n) is 5.07. The molecule has 3 heterocycles. The molecule has 0 bridgehead atoms. The maximum Gasteiger partial charge on any atom is 0.300 e. The summed E-state index contributed by atoms with van der Waals surface area (Å²) in [5.41, 5.74) is 5.28. The molecule has 0 radical (unpaired) electrons. The van der Waals surface area contributed by atoms with Gasteiger partial charge >= 0.3 is 0 Å². The summed E-state index contributed by atoms with van der Waals surface area (Å²) in [6.07, 6.45) is 2.18. The Balaban J connectivity index is 1.41. The molecular formula is C25H27N3O2. The van der Waals surface area contributed by atoms with E-state index in [-0.39, 0.29) is 5.78 Å². The van der Waals surface area contributed by atoms with Crippen molar-refractivity contribution in [2.45, 2.75) is 26.3 Å². The van der Waals surface area contributed by atoms with Gasteiger partial charge in [0.2, 0.25) is 0 Å². The van der Waals surface area contributed by atoms with Crippen molar-refractivity contribution in [3.63, 3.8) is 0 Å². The van der Waals surface area contributed by atoms with Gasteiger partial charge in [-0.3, -0.25) is 19.4 Å². The SMILES string of the molecule is Cc1ccc2c3c1C(=O)C(=O)N3C(C)(C)C=C2CN1CCN(c2ccccc2)CC1. The van der Waals surface area contributed by atoms with Gasteiger partial charge in [0.05, 0.1) is 16.8 Å². The van der Waals surface area contributed by atoms with E-state index in [1.165, 1.54) is 11.3 Å². The van der Waals surface area contributed by atoms with Gasteiger partial charge in [-0.1, -0.05) is 36.4 Å². The predicted octanol–water partition coefficient (Wildman–Crippen LogP) is 3.52. The molecule has 5 nitrogen and oxygen atoms in total. The number of anilines is 2. The highest BCUT2D eigenvalue weighted by Gasteiger charge is 2.47. The molecule has 2 aromatic rings. The number of benzene rings is 2. The predicted molar refractivity (Wildman–Crippen MR) is 120 cm³/mol. The van der Waals surface area contributed by atoms with E-state index in [0.717, 1.165) is 49.5 Å². The molecule has 1 amide bonds. The first kappa shape index (κ1) is 19.1. The lowest BCUT2D eigenvalue weighted by Crippen LogP contribution is -2.49. The molecule has 3 aliphatic heterocycles. The zero-order chi connectivity index (χ0) is 21.0. The molecule has 0 N–H and O–H groups in total. The van der Waals surface area contributed by atoms with Crippen LogP contribution in [-0.2, 0) is 4.79 Å². The van der Waals surface area contributed by atoms with Crippen LogP contribution in [0.25, 0.3) is 5.57 Å². The summed E-state index contributed by atoms with van der Waals surface area (Å²) in [6.45, 7) is 10.8. The second-order valence-corrected chi connectivity index (χ2v) is 9.05. The van der Waals surface area contributed by atoms with Crippen LogP contribution in [0.15, 0.2) is 48.5 Å². The molecule has 30 heavy (non-hydrogen) atoms. The molecule has 1 saturated heterocycles. The van der Waals surface area contributed by atoms with Crippen LogP contribution in [0.1, 0.15) is 35.3 Å². The number of aryl methyl sites for hydroxylation is 1. The average molecular weight is 402 g/mol. The number of Topliss-reactive ketones (excluding diaryl/α,β-unsaturated/α-hetero) is 1. The Morgan fingerprint density at radius 2 is 1.63 bits per heavy atom. The molecule has 0 aliphatic carbocycles. The molecule has 0 aromatic heterocycles. The third-order valence-corrected chi connectivity index (χ3v) is 6.57. The van der Waals surface area contributed by atoms with Crippen molar-refractivity contribution < 1.29 is 9.59 Å². The van der Waals surface area contributed by atoms with Crippen LogP contribution >= 0.6 is 0 Å². The standard InChI is InChI=1S/C25H27N3O2/c1-17-9-10-20-18(15-25(2,3)28-22(20)21(17)23(29)24(28)30)16-26-11-13-27(14-12-26)19-7-5-4-6-8-19/h4-10,15H,11-14,16H2,1-3H3. The maximum absolute atomic E-state index is 12.7. The molecule has 0 saturated carbocycles. The fraction of sp³-hybridized carbons (Fsp3) is 0.360. The number of hydrogen-bond acceptors (Lipinski definition) is 4.